The van der Waals surface area contributed by atoms with Gasteiger partial charge in [0.1, 0.15) is 0 Å². The van der Waals surface area contributed by atoms with Crippen LogP contribution >= 0.6 is 0 Å². The van der Waals surface area contributed by atoms with Crippen molar-refractivity contribution in [2.75, 3.05) is 0 Å². The summed E-state index contributed by atoms with van der Waals surface area (Å²) < 4.78 is 5.47. The molecule has 28 heavy (non-hydrogen) atoms. The van der Waals surface area contributed by atoms with Gasteiger partial charge in [-0.1, -0.05) is 42.4 Å². The first-order valence-electron chi connectivity index (χ1n) is 9.61. The molecule has 2 aromatic carbocycles. The summed E-state index contributed by atoms with van der Waals surface area (Å²) in [6.45, 7) is 2.80. The van der Waals surface area contributed by atoms with Gasteiger partial charge in [-0.3, -0.25) is 4.79 Å². The SMILES string of the molecule is CCc1cccc(-c2nc(-c3cccc(CNC4CC(C(=O)O)C4)c3)no2)c1. The fraction of sp³-hybridized carbons (Fsp3) is 0.318. The molecule has 0 atom stereocenters. The van der Waals surface area contributed by atoms with E-state index in [4.69, 9.17) is 9.63 Å². The lowest BCUT2D eigenvalue weighted by Crippen LogP contribution is -2.43. The van der Waals surface area contributed by atoms with E-state index in [-0.39, 0.29) is 12.0 Å². The van der Waals surface area contributed by atoms with Gasteiger partial charge in [0, 0.05) is 23.7 Å². The molecule has 2 N–H and O–H groups in total. The molecular formula is C22H23N3O3. The zero-order valence-corrected chi connectivity index (χ0v) is 15.8. The van der Waals surface area contributed by atoms with Gasteiger partial charge < -0.3 is 14.9 Å². The first kappa shape index (κ1) is 18.4. The lowest BCUT2D eigenvalue weighted by molar-refractivity contribution is -0.145. The van der Waals surface area contributed by atoms with Crippen molar-refractivity contribution in [1.82, 2.24) is 15.5 Å². The summed E-state index contributed by atoms with van der Waals surface area (Å²) >= 11 is 0. The normalized spacial score (nSPS) is 18.6. The maximum atomic E-state index is 10.9. The van der Waals surface area contributed by atoms with Crippen molar-refractivity contribution >= 4 is 5.97 Å². The number of carbonyl (C=O) groups is 1. The van der Waals surface area contributed by atoms with Gasteiger partial charge in [0.05, 0.1) is 5.92 Å². The molecule has 6 heteroatoms. The van der Waals surface area contributed by atoms with Crippen LogP contribution in [0.3, 0.4) is 0 Å². The summed E-state index contributed by atoms with van der Waals surface area (Å²) in [4.78, 5) is 15.4. The van der Waals surface area contributed by atoms with Crippen molar-refractivity contribution in [1.29, 1.82) is 0 Å². The topological polar surface area (TPSA) is 88.2 Å². The van der Waals surface area contributed by atoms with Gasteiger partial charge in [0.25, 0.3) is 5.89 Å². The molecule has 0 bridgehead atoms. The van der Waals surface area contributed by atoms with E-state index in [2.05, 4.69) is 34.5 Å². The fourth-order valence-electron chi connectivity index (χ4n) is 3.45. The van der Waals surface area contributed by atoms with Crippen molar-refractivity contribution in [3.63, 3.8) is 0 Å². The van der Waals surface area contributed by atoms with Crippen molar-refractivity contribution in [3.05, 3.63) is 59.7 Å². The number of aliphatic carboxylic acids is 1. The summed E-state index contributed by atoms with van der Waals surface area (Å²) in [5, 5.41) is 16.5. The van der Waals surface area contributed by atoms with E-state index in [9.17, 15) is 4.79 Å². The quantitative estimate of drug-likeness (QED) is 0.649. The van der Waals surface area contributed by atoms with Crippen molar-refractivity contribution in [2.24, 2.45) is 5.92 Å². The molecule has 1 heterocycles. The zero-order chi connectivity index (χ0) is 19.5. The van der Waals surface area contributed by atoms with Crippen LogP contribution in [0.2, 0.25) is 0 Å². The molecule has 1 saturated carbocycles. The van der Waals surface area contributed by atoms with Gasteiger partial charge in [0.2, 0.25) is 5.82 Å². The summed E-state index contributed by atoms with van der Waals surface area (Å²) in [7, 11) is 0. The lowest BCUT2D eigenvalue weighted by Gasteiger charge is -2.33. The highest BCUT2D eigenvalue weighted by Gasteiger charge is 2.33. The molecular weight excluding hydrogens is 354 g/mol. The van der Waals surface area contributed by atoms with E-state index < -0.39 is 5.97 Å². The van der Waals surface area contributed by atoms with Gasteiger partial charge in [0.15, 0.2) is 0 Å². The average molecular weight is 377 g/mol. The molecule has 1 aliphatic carbocycles. The van der Waals surface area contributed by atoms with Crippen LogP contribution in [0, 0.1) is 5.92 Å². The van der Waals surface area contributed by atoms with Crippen LogP contribution in [0.15, 0.2) is 53.1 Å². The van der Waals surface area contributed by atoms with E-state index in [0.717, 1.165) is 23.1 Å². The van der Waals surface area contributed by atoms with Crippen LogP contribution in [-0.2, 0) is 17.8 Å². The monoisotopic (exact) mass is 377 g/mol. The number of hydrogen-bond acceptors (Lipinski definition) is 5. The maximum Gasteiger partial charge on any atom is 0.306 e. The zero-order valence-electron chi connectivity index (χ0n) is 15.8. The number of nitrogens with zero attached hydrogens (tertiary/aromatic N) is 2. The van der Waals surface area contributed by atoms with E-state index in [1.54, 1.807) is 0 Å². The second-order valence-corrected chi connectivity index (χ2v) is 7.26. The number of aromatic nitrogens is 2. The Bertz CT molecular complexity index is 976. The third kappa shape index (κ3) is 3.97. The largest absolute Gasteiger partial charge is 0.481 e. The minimum Gasteiger partial charge on any atom is -0.481 e. The third-order valence-corrected chi connectivity index (χ3v) is 5.28. The molecule has 1 aliphatic rings. The molecule has 1 fully saturated rings. The smallest absolute Gasteiger partial charge is 0.306 e. The summed E-state index contributed by atoms with van der Waals surface area (Å²) in [6, 6.07) is 16.4. The van der Waals surface area contributed by atoms with Gasteiger partial charge >= 0.3 is 5.97 Å². The molecule has 0 amide bonds. The number of aryl methyl sites for hydroxylation is 1. The molecule has 6 nitrogen and oxygen atoms in total. The van der Waals surface area contributed by atoms with Crippen LogP contribution < -0.4 is 5.32 Å². The maximum absolute atomic E-state index is 10.9. The molecule has 4 rings (SSSR count). The average Bonchev–Trinajstić information content (AvgIpc) is 3.17. The first-order valence-corrected chi connectivity index (χ1v) is 9.61. The van der Waals surface area contributed by atoms with Crippen molar-refractivity contribution < 1.29 is 14.4 Å². The third-order valence-electron chi connectivity index (χ3n) is 5.28. The Morgan fingerprint density at radius 2 is 1.86 bits per heavy atom. The molecule has 0 saturated heterocycles. The molecule has 0 aliphatic heterocycles. The second-order valence-electron chi connectivity index (χ2n) is 7.26. The fourth-order valence-corrected chi connectivity index (χ4v) is 3.45. The molecule has 144 valence electrons. The summed E-state index contributed by atoms with van der Waals surface area (Å²) in [6.07, 6.45) is 2.35. The Balaban J connectivity index is 1.43. The highest BCUT2D eigenvalue weighted by atomic mass is 16.5. The van der Waals surface area contributed by atoms with Gasteiger partial charge in [-0.25, -0.2) is 0 Å². The van der Waals surface area contributed by atoms with Crippen LogP contribution in [0.25, 0.3) is 22.8 Å². The number of hydrogen-bond donors (Lipinski definition) is 2. The van der Waals surface area contributed by atoms with E-state index >= 15 is 0 Å². The van der Waals surface area contributed by atoms with E-state index in [1.165, 1.54) is 5.56 Å². The molecule has 3 aromatic rings. The van der Waals surface area contributed by atoms with Gasteiger partial charge in [-0.05, 0) is 48.6 Å². The Morgan fingerprint density at radius 3 is 2.61 bits per heavy atom. The van der Waals surface area contributed by atoms with Crippen LogP contribution in [0.1, 0.15) is 30.9 Å². The summed E-state index contributed by atoms with van der Waals surface area (Å²) in [5.74, 6) is 0.182. The minimum atomic E-state index is -0.697. The minimum absolute atomic E-state index is 0.201. The van der Waals surface area contributed by atoms with Crippen LogP contribution in [0.4, 0.5) is 0 Å². The lowest BCUT2D eigenvalue weighted by atomic mass is 9.80. The first-order chi connectivity index (χ1) is 13.6. The van der Waals surface area contributed by atoms with E-state index in [0.29, 0.717) is 31.1 Å². The van der Waals surface area contributed by atoms with E-state index in [1.807, 2.05) is 36.4 Å². The number of benzene rings is 2. The Morgan fingerprint density at radius 1 is 1.14 bits per heavy atom. The number of carboxylic acids is 1. The highest BCUT2D eigenvalue weighted by molar-refractivity contribution is 5.71. The Kier molecular flexibility index (Phi) is 5.21. The molecule has 1 aromatic heterocycles. The van der Waals surface area contributed by atoms with Gasteiger partial charge in [-0.2, -0.15) is 4.98 Å². The van der Waals surface area contributed by atoms with Gasteiger partial charge in [-0.15, -0.1) is 0 Å². The van der Waals surface area contributed by atoms with Crippen molar-refractivity contribution in [2.45, 2.75) is 38.8 Å². The highest BCUT2D eigenvalue weighted by Crippen LogP contribution is 2.28. The molecule has 0 spiro atoms. The number of nitrogens with one attached hydrogen (secondary N) is 1. The van der Waals surface area contributed by atoms with Crippen molar-refractivity contribution in [3.8, 4) is 22.8 Å². The molecule has 0 unspecified atom stereocenters. The number of rotatable bonds is 7. The Labute approximate surface area is 163 Å². The summed E-state index contributed by atoms with van der Waals surface area (Å²) in [5.41, 5.74) is 4.16. The molecule has 0 radical (unpaired) electrons. The second kappa shape index (κ2) is 7.94. The van der Waals surface area contributed by atoms with Crippen LogP contribution in [0.5, 0.6) is 0 Å². The van der Waals surface area contributed by atoms with Crippen LogP contribution in [-0.4, -0.2) is 27.3 Å². The predicted molar refractivity (Wildman–Crippen MR) is 106 cm³/mol. The Hall–Kier alpha value is -2.99. The predicted octanol–water partition coefficient (Wildman–Crippen LogP) is 3.92. The standard InChI is InChI=1S/C22H23N3O3/c1-2-14-5-3-8-17(9-14)21-24-20(25-28-21)16-7-4-6-15(10-16)13-23-19-11-18(12-19)22(26)27/h3-10,18-19,23H,2,11-13H2,1H3,(H,26,27). The number of carboxylic acid groups (broad SMARTS) is 1.